The van der Waals surface area contributed by atoms with Crippen LogP contribution in [0, 0.1) is 0 Å². The summed E-state index contributed by atoms with van der Waals surface area (Å²) >= 11 is 2.70. The number of nitrogens with zero attached hydrogens (tertiary/aromatic N) is 3. The fourth-order valence-corrected chi connectivity index (χ4v) is 10.2. The predicted octanol–water partition coefficient (Wildman–Crippen LogP) is 8.23. The van der Waals surface area contributed by atoms with E-state index in [1.54, 1.807) is 17.8 Å². The Labute approximate surface area is 316 Å². The van der Waals surface area contributed by atoms with Crippen LogP contribution in [0.4, 0.5) is 0 Å². The number of thiazole rings is 1. The van der Waals surface area contributed by atoms with E-state index < -0.39 is 34.8 Å². The molecule has 0 aliphatic carbocycles. The number of carboxylic acids is 1. The van der Waals surface area contributed by atoms with Gasteiger partial charge in [0.15, 0.2) is 5.71 Å². The largest absolute Gasteiger partial charge is 0.487 e. The lowest BCUT2D eigenvalue weighted by Gasteiger charge is -2.49. The topological polar surface area (TPSA) is 130 Å². The first-order chi connectivity index (χ1) is 26.0. The summed E-state index contributed by atoms with van der Waals surface area (Å²) in [6.45, 7) is 7.73. The standard InChI is InChI=1S/C42H32N4O6S2/c1-19-16-54-40-35(39(48)46(40)36(19)41(49)50)44-38(47)34(27-17-53-18-43-27)45-51-15-26-24-13-11-22-9-7-20-5-6-21-8-10-23-12-14-25(37(26)52-42(2,3)4)33-31(23)29(21)28(20)30(22)32(24)33/h5-14,17-18,35,40H,15-16H2,1-4H3,(H,44,47)(H,49,50)/t35?,40-/m1/s1. The van der Waals surface area contributed by atoms with Gasteiger partial charge in [-0.05, 0) is 93.2 Å². The zero-order valence-electron chi connectivity index (χ0n) is 29.6. The number of β-lactam (4-membered cyclic amide) rings is 1. The first-order valence-corrected chi connectivity index (χ1v) is 19.6. The number of carboxylic acid groups (broad SMARTS) is 1. The Kier molecular flexibility index (Phi) is 7.09. The Bertz CT molecular complexity index is 2920. The smallest absolute Gasteiger partial charge is 0.352 e. The van der Waals surface area contributed by atoms with Crippen LogP contribution >= 0.6 is 23.1 Å². The Hall–Kier alpha value is -5.72. The quantitative estimate of drug-likeness (QED) is 0.0522. The van der Waals surface area contributed by atoms with Crippen LogP contribution < -0.4 is 10.1 Å². The van der Waals surface area contributed by atoms with Crippen molar-refractivity contribution in [3.63, 3.8) is 0 Å². The molecule has 1 fully saturated rings. The summed E-state index contributed by atoms with van der Waals surface area (Å²) in [5.41, 5.74) is 2.61. The van der Waals surface area contributed by atoms with Crippen LogP contribution in [0.1, 0.15) is 39.0 Å². The van der Waals surface area contributed by atoms with Crippen molar-refractivity contribution in [3.05, 3.63) is 94.1 Å². The normalized spacial score (nSPS) is 18.2. The number of benzene rings is 7. The molecule has 0 saturated carbocycles. The predicted molar refractivity (Wildman–Crippen MR) is 214 cm³/mol. The number of thioether (sulfide) groups is 1. The minimum absolute atomic E-state index is 0.0230. The third-order valence-electron chi connectivity index (χ3n) is 10.5. The molecule has 12 heteroatoms. The van der Waals surface area contributed by atoms with E-state index in [4.69, 9.17) is 9.57 Å². The molecule has 10 rings (SSSR count). The van der Waals surface area contributed by atoms with E-state index >= 15 is 0 Å². The molecular weight excluding hydrogens is 721 g/mol. The lowest BCUT2D eigenvalue weighted by atomic mass is 9.81. The van der Waals surface area contributed by atoms with E-state index in [0.717, 1.165) is 37.9 Å². The highest BCUT2D eigenvalue weighted by Gasteiger charge is 2.54. The van der Waals surface area contributed by atoms with Gasteiger partial charge in [-0.25, -0.2) is 9.78 Å². The summed E-state index contributed by atoms with van der Waals surface area (Å²) in [6, 6.07) is 20.8. The molecule has 2 aliphatic rings. The second-order valence-corrected chi connectivity index (χ2v) is 16.8. The number of oxime groups is 1. The van der Waals surface area contributed by atoms with Crippen LogP contribution in [0.25, 0.3) is 64.6 Å². The van der Waals surface area contributed by atoms with Gasteiger partial charge in [-0.2, -0.15) is 0 Å². The summed E-state index contributed by atoms with van der Waals surface area (Å²) in [7, 11) is 0. The first kappa shape index (κ1) is 32.9. The van der Waals surface area contributed by atoms with Gasteiger partial charge in [-0.1, -0.05) is 59.8 Å². The molecule has 3 heterocycles. The van der Waals surface area contributed by atoms with E-state index in [9.17, 15) is 19.5 Å². The molecule has 0 radical (unpaired) electrons. The van der Waals surface area contributed by atoms with Crippen molar-refractivity contribution in [2.24, 2.45) is 5.16 Å². The third-order valence-corrected chi connectivity index (χ3v) is 12.5. The molecule has 2 aliphatic heterocycles. The number of fused-ring (bicyclic) bond motifs is 1. The number of ether oxygens (including phenoxy) is 1. The maximum absolute atomic E-state index is 13.9. The lowest BCUT2D eigenvalue weighted by molar-refractivity contribution is -0.150. The zero-order chi connectivity index (χ0) is 37.2. The fraction of sp³-hybridized carbons (Fsp3) is 0.214. The summed E-state index contributed by atoms with van der Waals surface area (Å²) in [5.74, 6) is -1.18. The maximum Gasteiger partial charge on any atom is 0.352 e. The van der Waals surface area contributed by atoms with Crippen LogP contribution in [-0.2, 0) is 25.8 Å². The average molecular weight is 753 g/mol. The second-order valence-electron chi connectivity index (χ2n) is 15.0. The van der Waals surface area contributed by atoms with Crippen molar-refractivity contribution in [2.45, 2.75) is 51.3 Å². The number of aliphatic carboxylic acids is 1. The van der Waals surface area contributed by atoms with Gasteiger partial charge in [0.2, 0.25) is 0 Å². The molecule has 2 atom stereocenters. The molecule has 1 saturated heterocycles. The Morgan fingerprint density at radius 1 is 0.907 bits per heavy atom. The van der Waals surface area contributed by atoms with Crippen molar-refractivity contribution in [1.29, 1.82) is 0 Å². The van der Waals surface area contributed by atoms with Crippen molar-refractivity contribution < 1.29 is 29.1 Å². The SMILES string of the molecule is CC1=C(C(=O)O)N2C(=O)C(NC(=O)C(=NOCc3c(OC(C)(C)C)c4ccc5ccc6ccc7ccc8ccc3c3c8c7c6c5c43)c3cscn3)[C@H]2SC1. The molecule has 2 amide bonds. The van der Waals surface area contributed by atoms with E-state index in [1.165, 1.54) is 60.3 Å². The minimum Gasteiger partial charge on any atom is -0.487 e. The number of carbonyl (C=O) groups is 3. The number of rotatable bonds is 8. The van der Waals surface area contributed by atoms with Crippen LogP contribution in [0.3, 0.4) is 0 Å². The highest BCUT2D eigenvalue weighted by molar-refractivity contribution is 8.00. The molecule has 7 aromatic carbocycles. The number of carbonyl (C=O) groups excluding carboxylic acids is 2. The van der Waals surface area contributed by atoms with Gasteiger partial charge < -0.3 is 20.0 Å². The fourth-order valence-electron chi connectivity index (χ4n) is 8.36. The summed E-state index contributed by atoms with van der Waals surface area (Å²) < 4.78 is 6.82. The molecule has 1 unspecified atom stereocenters. The van der Waals surface area contributed by atoms with E-state index in [0.29, 0.717) is 22.8 Å². The highest BCUT2D eigenvalue weighted by atomic mass is 32.2. The number of hydrogen-bond donors (Lipinski definition) is 2. The van der Waals surface area contributed by atoms with Crippen LogP contribution in [-0.4, -0.2) is 61.3 Å². The summed E-state index contributed by atoms with van der Waals surface area (Å²) in [6.07, 6.45) is 0. The van der Waals surface area contributed by atoms with Crippen LogP contribution in [0.15, 0.2) is 88.0 Å². The molecule has 0 bridgehead atoms. The van der Waals surface area contributed by atoms with Crippen LogP contribution in [0.5, 0.6) is 5.75 Å². The second kappa shape index (κ2) is 11.6. The Balaban J connectivity index is 1.09. The number of hydrogen-bond acceptors (Lipinski definition) is 9. The van der Waals surface area contributed by atoms with Gasteiger partial charge in [-0.15, -0.1) is 23.1 Å². The molecule has 10 nitrogen and oxygen atoms in total. The molecular formula is C42H32N4O6S2. The third kappa shape index (κ3) is 4.69. The zero-order valence-corrected chi connectivity index (χ0v) is 31.3. The molecule has 2 N–H and O–H groups in total. The van der Waals surface area contributed by atoms with Gasteiger partial charge >= 0.3 is 5.97 Å². The van der Waals surface area contributed by atoms with Gasteiger partial charge in [-0.3, -0.25) is 14.5 Å². The van der Waals surface area contributed by atoms with E-state index in [2.05, 4.69) is 76.1 Å². The van der Waals surface area contributed by atoms with Gasteiger partial charge in [0.1, 0.15) is 40.8 Å². The summed E-state index contributed by atoms with van der Waals surface area (Å²) in [5, 5.41) is 31.9. The Morgan fingerprint density at radius 2 is 1.48 bits per heavy atom. The van der Waals surface area contributed by atoms with E-state index in [1.807, 2.05) is 20.8 Å². The average Bonchev–Trinajstić information content (AvgIpc) is 3.69. The monoisotopic (exact) mass is 752 g/mol. The number of amides is 2. The van der Waals surface area contributed by atoms with Crippen molar-refractivity contribution >= 4 is 111 Å². The Morgan fingerprint density at radius 3 is 2.06 bits per heavy atom. The molecule has 268 valence electrons. The van der Waals surface area contributed by atoms with Crippen molar-refractivity contribution in [2.75, 3.05) is 5.75 Å². The highest BCUT2D eigenvalue weighted by Crippen LogP contribution is 2.52. The molecule has 54 heavy (non-hydrogen) atoms. The van der Waals surface area contributed by atoms with Crippen LogP contribution in [0.2, 0.25) is 0 Å². The summed E-state index contributed by atoms with van der Waals surface area (Å²) in [4.78, 5) is 50.7. The number of aromatic nitrogens is 1. The first-order valence-electron chi connectivity index (χ1n) is 17.6. The van der Waals surface area contributed by atoms with Gasteiger partial charge in [0.25, 0.3) is 11.8 Å². The van der Waals surface area contributed by atoms with Gasteiger partial charge in [0.05, 0.1) is 5.51 Å². The number of nitrogens with one attached hydrogen (secondary N) is 1. The van der Waals surface area contributed by atoms with Crippen molar-refractivity contribution in [1.82, 2.24) is 15.2 Å². The lowest BCUT2D eigenvalue weighted by Crippen LogP contribution is -2.71. The van der Waals surface area contributed by atoms with Crippen molar-refractivity contribution in [3.8, 4) is 5.75 Å². The molecule has 8 aromatic rings. The molecule has 1 aromatic heterocycles. The minimum atomic E-state index is -1.17. The van der Waals surface area contributed by atoms with E-state index in [-0.39, 0.29) is 18.0 Å². The molecule has 0 spiro atoms. The van der Waals surface area contributed by atoms with Gasteiger partial charge in [0, 0.05) is 27.5 Å². The maximum atomic E-state index is 13.9.